The van der Waals surface area contributed by atoms with E-state index in [2.05, 4.69) is 29.7 Å². The maximum Gasteiger partial charge on any atom is 0.110 e. The SMILES string of the molecule is CCCCCCCc1nc2cc(CN)ccc2n1C1CC1. The lowest BCUT2D eigenvalue weighted by Gasteiger charge is -2.07. The predicted molar refractivity (Wildman–Crippen MR) is 88.4 cm³/mol. The molecular weight excluding hydrogens is 258 g/mol. The van der Waals surface area contributed by atoms with Crippen LogP contribution in [-0.4, -0.2) is 9.55 Å². The zero-order chi connectivity index (χ0) is 14.7. The molecule has 1 heterocycles. The lowest BCUT2D eigenvalue weighted by molar-refractivity contribution is 0.603. The first-order chi connectivity index (χ1) is 10.3. The van der Waals surface area contributed by atoms with Crippen LogP contribution < -0.4 is 5.73 Å². The molecule has 0 bridgehead atoms. The molecule has 2 aromatic rings. The molecule has 0 atom stereocenters. The summed E-state index contributed by atoms with van der Waals surface area (Å²) in [6.45, 7) is 2.86. The summed E-state index contributed by atoms with van der Waals surface area (Å²) in [6, 6.07) is 7.22. The van der Waals surface area contributed by atoms with E-state index in [-0.39, 0.29) is 0 Å². The Labute approximate surface area is 127 Å². The van der Waals surface area contributed by atoms with Gasteiger partial charge >= 0.3 is 0 Å². The van der Waals surface area contributed by atoms with Crippen LogP contribution in [0.25, 0.3) is 11.0 Å². The Morgan fingerprint density at radius 3 is 2.71 bits per heavy atom. The minimum Gasteiger partial charge on any atom is -0.326 e. The first-order valence-electron chi connectivity index (χ1n) is 8.53. The van der Waals surface area contributed by atoms with Crippen molar-refractivity contribution in [2.75, 3.05) is 0 Å². The summed E-state index contributed by atoms with van der Waals surface area (Å²) in [5.41, 5.74) is 9.36. The van der Waals surface area contributed by atoms with Gasteiger partial charge in [-0.2, -0.15) is 0 Å². The summed E-state index contributed by atoms with van der Waals surface area (Å²) in [4.78, 5) is 4.91. The number of benzene rings is 1. The van der Waals surface area contributed by atoms with Crippen molar-refractivity contribution in [3.05, 3.63) is 29.6 Å². The van der Waals surface area contributed by atoms with Gasteiger partial charge in [0.25, 0.3) is 0 Å². The molecule has 0 aliphatic heterocycles. The van der Waals surface area contributed by atoms with Gasteiger partial charge in [0, 0.05) is 19.0 Å². The number of unbranched alkanes of at least 4 members (excludes halogenated alkanes) is 4. The summed E-state index contributed by atoms with van der Waals surface area (Å²) in [7, 11) is 0. The van der Waals surface area contributed by atoms with Crippen molar-refractivity contribution < 1.29 is 0 Å². The summed E-state index contributed by atoms with van der Waals surface area (Å²) in [6.07, 6.45) is 10.4. The van der Waals surface area contributed by atoms with E-state index in [1.807, 2.05) is 0 Å². The van der Waals surface area contributed by atoms with Crippen molar-refractivity contribution in [1.82, 2.24) is 9.55 Å². The minimum atomic E-state index is 0.596. The lowest BCUT2D eigenvalue weighted by Crippen LogP contribution is -2.02. The molecular formula is C18H27N3. The smallest absolute Gasteiger partial charge is 0.110 e. The van der Waals surface area contributed by atoms with Gasteiger partial charge in [-0.3, -0.25) is 0 Å². The van der Waals surface area contributed by atoms with Crippen LogP contribution in [0.15, 0.2) is 18.2 Å². The number of nitrogens with zero attached hydrogens (tertiary/aromatic N) is 2. The molecule has 1 aliphatic rings. The molecule has 3 rings (SSSR count). The highest BCUT2D eigenvalue weighted by atomic mass is 15.1. The van der Waals surface area contributed by atoms with E-state index in [4.69, 9.17) is 10.7 Å². The van der Waals surface area contributed by atoms with Crippen molar-refractivity contribution >= 4 is 11.0 Å². The molecule has 21 heavy (non-hydrogen) atoms. The van der Waals surface area contributed by atoms with E-state index < -0.39 is 0 Å². The van der Waals surface area contributed by atoms with Gasteiger partial charge in [-0.1, -0.05) is 38.7 Å². The Bertz CT molecular complexity index is 596. The fourth-order valence-electron chi connectivity index (χ4n) is 3.12. The highest BCUT2D eigenvalue weighted by molar-refractivity contribution is 5.77. The number of hydrogen-bond acceptors (Lipinski definition) is 2. The molecule has 114 valence electrons. The quantitative estimate of drug-likeness (QED) is 0.733. The Hall–Kier alpha value is -1.35. The van der Waals surface area contributed by atoms with Gasteiger partial charge < -0.3 is 10.3 Å². The van der Waals surface area contributed by atoms with Crippen LogP contribution >= 0.6 is 0 Å². The van der Waals surface area contributed by atoms with E-state index >= 15 is 0 Å². The largest absolute Gasteiger partial charge is 0.326 e. The van der Waals surface area contributed by atoms with Gasteiger partial charge in [-0.15, -0.1) is 0 Å². The van der Waals surface area contributed by atoms with E-state index in [1.165, 1.54) is 61.9 Å². The second kappa shape index (κ2) is 6.61. The fraction of sp³-hybridized carbons (Fsp3) is 0.611. The average molecular weight is 285 g/mol. The third kappa shape index (κ3) is 3.29. The monoisotopic (exact) mass is 285 g/mol. The van der Waals surface area contributed by atoms with Crippen molar-refractivity contribution in [2.45, 2.75) is 70.9 Å². The average Bonchev–Trinajstić information content (AvgIpc) is 3.27. The Morgan fingerprint density at radius 2 is 2.00 bits per heavy atom. The van der Waals surface area contributed by atoms with Crippen LogP contribution in [0.1, 0.15) is 69.3 Å². The fourth-order valence-corrected chi connectivity index (χ4v) is 3.12. The topological polar surface area (TPSA) is 43.8 Å². The molecule has 2 N–H and O–H groups in total. The number of rotatable bonds is 8. The third-order valence-electron chi connectivity index (χ3n) is 4.48. The molecule has 0 amide bonds. The molecule has 1 aromatic carbocycles. The standard InChI is InChI=1S/C18H27N3/c1-2-3-4-5-6-7-18-20-16-12-14(13-19)8-11-17(16)21(18)15-9-10-15/h8,11-12,15H,2-7,9-10,13,19H2,1H3. The molecule has 0 saturated heterocycles. The maximum atomic E-state index is 5.75. The van der Waals surface area contributed by atoms with Crippen LogP contribution in [-0.2, 0) is 13.0 Å². The number of aromatic nitrogens is 2. The molecule has 3 heteroatoms. The Kier molecular flexibility index (Phi) is 4.59. The normalized spacial score (nSPS) is 15.0. The Balaban J connectivity index is 1.78. The summed E-state index contributed by atoms with van der Waals surface area (Å²) in [5.74, 6) is 1.29. The minimum absolute atomic E-state index is 0.596. The number of nitrogens with two attached hydrogens (primary N) is 1. The van der Waals surface area contributed by atoms with Crippen LogP contribution in [0.5, 0.6) is 0 Å². The lowest BCUT2D eigenvalue weighted by atomic mass is 10.1. The summed E-state index contributed by atoms with van der Waals surface area (Å²) >= 11 is 0. The molecule has 3 nitrogen and oxygen atoms in total. The predicted octanol–water partition coefficient (Wildman–Crippen LogP) is 4.34. The van der Waals surface area contributed by atoms with E-state index in [1.54, 1.807) is 0 Å². The molecule has 0 unspecified atom stereocenters. The second-order valence-corrected chi connectivity index (χ2v) is 6.32. The van der Waals surface area contributed by atoms with Gasteiger partial charge in [0.2, 0.25) is 0 Å². The highest BCUT2D eigenvalue weighted by Crippen LogP contribution is 2.39. The summed E-state index contributed by atoms with van der Waals surface area (Å²) in [5, 5.41) is 0. The first-order valence-corrected chi connectivity index (χ1v) is 8.53. The molecule has 0 radical (unpaired) electrons. The zero-order valence-corrected chi connectivity index (χ0v) is 13.1. The molecule has 0 spiro atoms. The van der Waals surface area contributed by atoms with Gasteiger partial charge in [-0.05, 0) is 37.0 Å². The van der Waals surface area contributed by atoms with Crippen LogP contribution in [0.4, 0.5) is 0 Å². The zero-order valence-electron chi connectivity index (χ0n) is 13.1. The van der Waals surface area contributed by atoms with E-state index in [0.29, 0.717) is 12.6 Å². The van der Waals surface area contributed by atoms with Gasteiger partial charge in [-0.25, -0.2) is 4.98 Å². The van der Waals surface area contributed by atoms with Gasteiger partial charge in [0.05, 0.1) is 11.0 Å². The molecule has 1 aromatic heterocycles. The molecule has 1 saturated carbocycles. The van der Waals surface area contributed by atoms with Gasteiger partial charge in [0.15, 0.2) is 0 Å². The van der Waals surface area contributed by atoms with E-state index in [9.17, 15) is 0 Å². The number of hydrogen-bond donors (Lipinski definition) is 1. The number of aryl methyl sites for hydroxylation is 1. The van der Waals surface area contributed by atoms with Crippen molar-refractivity contribution in [1.29, 1.82) is 0 Å². The Morgan fingerprint density at radius 1 is 1.19 bits per heavy atom. The van der Waals surface area contributed by atoms with Gasteiger partial charge in [0.1, 0.15) is 5.82 Å². The third-order valence-corrected chi connectivity index (χ3v) is 4.48. The second-order valence-electron chi connectivity index (χ2n) is 6.32. The van der Waals surface area contributed by atoms with Crippen LogP contribution in [0.3, 0.4) is 0 Å². The maximum absolute atomic E-state index is 5.75. The van der Waals surface area contributed by atoms with Crippen molar-refractivity contribution in [3.63, 3.8) is 0 Å². The van der Waals surface area contributed by atoms with Crippen molar-refractivity contribution in [3.8, 4) is 0 Å². The highest BCUT2D eigenvalue weighted by Gasteiger charge is 2.27. The van der Waals surface area contributed by atoms with Crippen LogP contribution in [0, 0.1) is 0 Å². The van der Waals surface area contributed by atoms with Crippen LogP contribution in [0.2, 0.25) is 0 Å². The first kappa shape index (κ1) is 14.6. The number of fused-ring (bicyclic) bond motifs is 1. The molecule has 1 fully saturated rings. The molecule has 1 aliphatic carbocycles. The summed E-state index contributed by atoms with van der Waals surface area (Å²) < 4.78 is 2.50. The number of imidazole rings is 1. The van der Waals surface area contributed by atoms with Crippen molar-refractivity contribution in [2.24, 2.45) is 5.73 Å². The van der Waals surface area contributed by atoms with E-state index in [0.717, 1.165) is 11.9 Å².